The lowest BCUT2D eigenvalue weighted by Crippen LogP contribution is -2.40. The molecule has 1 fully saturated rings. The molecule has 2 aromatic rings. The van der Waals surface area contributed by atoms with E-state index in [4.69, 9.17) is 4.74 Å². The number of aromatic nitrogens is 3. The van der Waals surface area contributed by atoms with Crippen LogP contribution in [0.2, 0.25) is 0 Å². The number of piperidine rings is 1. The lowest BCUT2D eigenvalue weighted by molar-refractivity contribution is -0.134. The van der Waals surface area contributed by atoms with Gasteiger partial charge in [0.1, 0.15) is 6.61 Å². The number of nitrogens with zero attached hydrogens (tertiary/aromatic N) is 3. The van der Waals surface area contributed by atoms with Gasteiger partial charge < -0.3 is 9.64 Å². The summed E-state index contributed by atoms with van der Waals surface area (Å²) >= 11 is 0. The zero-order valence-corrected chi connectivity index (χ0v) is 15.2. The van der Waals surface area contributed by atoms with Gasteiger partial charge >= 0.3 is 0 Å². The molecule has 0 radical (unpaired) electrons. The number of aromatic amines is 1. The van der Waals surface area contributed by atoms with Gasteiger partial charge in [-0.1, -0.05) is 18.2 Å². The molecule has 0 bridgehead atoms. The van der Waals surface area contributed by atoms with Crippen LogP contribution >= 0.6 is 0 Å². The maximum absolute atomic E-state index is 13.0. The van der Waals surface area contributed by atoms with E-state index >= 15 is 0 Å². The Labute approximate surface area is 148 Å². The Morgan fingerprint density at radius 1 is 1.32 bits per heavy atom. The van der Waals surface area contributed by atoms with E-state index in [9.17, 15) is 4.79 Å². The number of likely N-dealkylation sites (tertiary alicyclic amines) is 1. The summed E-state index contributed by atoms with van der Waals surface area (Å²) in [6.45, 7) is 5.30. The summed E-state index contributed by atoms with van der Waals surface area (Å²) in [5, 5.41) is 7.23. The molecule has 134 valence electrons. The van der Waals surface area contributed by atoms with Crippen molar-refractivity contribution >= 4 is 5.91 Å². The molecular formula is C19H26N4O2. The molecule has 0 saturated carbocycles. The molecule has 0 spiro atoms. The van der Waals surface area contributed by atoms with Crippen LogP contribution in [0.1, 0.15) is 53.6 Å². The van der Waals surface area contributed by atoms with Gasteiger partial charge in [-0.3, -0.25) is 9.89 Å². The minimum atomic E-state index is -0.0487. The van der Waals surface area contributed by atoms with E-state index in [0.717, 1.165) is 31.4 Å². The van der Waals surface area contributed by atoms with Crippen molar-refractivity contribution in [3.8, 4) is 0 Å². The van der Waals surface area contributed by atoms with Crippen LogP contribution < -0.4 is 0 Å². The zero-order chi connectivity index (χ0) is 17.8. The third kappa shape index (κ3) is 3.90. The van der Waals surface area contributed by atoms with E-state index < -0.39 is 0 Å². The maximum Gasteiger partial charge on any atom is 0.227 e. The van der Waals surface area contributed by atoms with Crippen LogP contribution in [0.25, 0.3) is 0 Å². The highest BCUT2D eigenvalue weighted by atomic mass is 16.5. The van der Waals surface area contributed by atoms with Crippen LogP contribution in [0.3, 0.4) is 0 Å². The van der Waals surface area contributed by atoms with E-state index in [1.54, 1.807) is 7.11 Å². The largest absolute Gasteiger partial charge is 0.377 e. The zero-order valence-electron chi connectivity index (χ0n) is 15.2. The molecule has 1 saturated heterocycles. The van der Waals surface area contributed by atoms with Crippen LogP contribution in [0.5, 0.6) is 0 Å². The second kappa shape index (κ2) is 7.78. The summed E-state index contributed by atoms with van der Waals surface area (Å²) in [4.78, 5) is 19.5. The van der Waals surface area contributed by atoms with Gasteiger partial charge in [0, 0.05) is 13.7 Å². The Hall–Kier alpha value is -2.21. The lowest BCUT2D eigenvalue weighted by Gasteiger charge is -2.34. The first-order valence-corrected chi connectivity index (χ1v) is 8.85. The number of nitrogens with one attached hydrogen (secondary N) is 1. The SMILES string of the molecule is COCc1nc([C@H]2CCCCN2C(=O)Cc2c(C)cccc2C)n[nH]1. The second-order valence-corrected chi connectivity index (χ2v) is 6.72. The van der Waals surface area contributed by atoms with Crippen LogP contribution in [-0.4, -0.2) is 39.6 Å². The van der Waals surface area contributed by atoms with Crippen molar-refractivity contribution < 1.29 is 9.53 Å². The molecule has 1 aliphatic heterocycles. The number of hydrogen-bond acceptors (Lipinski definition) is 4. The topological polar surface area (TPSA) is 71.1 Å². The van der Waals surface area contributed by atoms with Gasteiger partial charge in [-0.2, -0.15) is 5.10 Å². The molecule has 6 nitrogen and oxygen atoms in total. The second-order valence-electron chi connectivity index (χ2n) is 6.72. The minimum Gasteiger partial charge on any atom is -0.377 e. The molecule has 0 unspecified atom stereocenters. The summed E-state index contributed by atoms with van der Waals surface area (Å²) in [5.74, 6) is 1.55. The first kappa shape index (κ1) is 17.6. The third-order valence-electron chi connectivity index (χ3n) is 4.92. The van der Waals surface area contributed by atoms with Crippen molar-refractivity contribution in [2.45, 2.75) is 52.2 Å². The molecule has 25 heavy (non-hydrogen) atoms. The van der Waals surface area contributed by atoms with Gasteiger partial charge in [-0.25, -0.2) is 4.98 Å². The van der Waals surface area contributed by atoms with Crippen LogP contribution in [-0.2, 0) is 22.6 Å². The van der Waals surface area contributed by atoms with Crippen molar-refractivity contribution in [2.24, 2.45) is 0 Å². The Morgan fingerprint density at radius 3 is 2.80 bits per heavy atom. The van der Waals surface area contributed by atoms with Gasteiger partial charge in [0.05, 0.1) is 12.5 Å². The number of amides is 1. The summed E-state index contributed by atoms with van der Waals surface area (Å²) in [6, 6.07) is 6.12. The number of carbonyl (C=O) groups excluding carboxylic acids is 1. The van der Waals surface area contributed by atoms with E-state index in [0.29, 0.717) is 24.7 Å². The van der Waals surface area contributed by atoms with Crippen LogP contribution in [0, 0.1) is 13.8 Å². The lowest BCUT2D eigenvalue weighted by atomic mass is 9.97. The normalized spacial score (nSPS) is 17.7. The van der Waals surface area contributed by atoms with Crippen molar-refractivity contribution in [1.82, 2.24) is 20.1 Å². The number of H-pyrrole nitrogens is 1. The van der Waals surface area contributed by atoms with E-state index in [-0.39, 0.29) is 11.9 Å². The van der Waals surface area contributed by atoms with E-state index in [1.165, 1.54) is 11.1 Å². The van der Waals surface area contributed by atoms with E-state index in [2.05, 4.69) is 41.2 Å². The molecule has 1 aromatic carbocycles. The molecule has 2 heterocycles. The monoisotopic (exact) mass is 342 g/mol. The molecule has 0 aliphatic carbocycles. The van der Waals surface area contributed by atoms with Crippen LogP contribution in [0.15, 0.2) is 18.2 Å². The Balaban J connectivity index is 1.79. The number of methoxy groups -OCH3 is 1. The number of rotatable bonds is 5. The molecule has 1 amide bonds. The molecule has 1 aliphatic rings. The number of ether oxygens (including phenoxy) is 1. The predicted molar refractivity (Wildman–Crippen MR) is 95.0 cm³/mol. The fraction of sp³-hybridized carbons (Fsp3) is 0.526. The Morgan fingerprint density at radius 2 is 2.08 bits per heavy atom. The summed E-state index contributed by atoms with van der Waals surface area (Å²) in [6.07, 6.45) is 3.46. The molecule has 1 N–H and O–H groups in total. The summed E-state index contributed by atoms with van der Waals surface area (Å²) in [7, 11) is 1.63. The molecule has 1 aromatic heterocycles. The Bertz CT molecular complexity index is 721. The Kier molecular flexibility index (Phi) is 5.48. The van der Waals surface area contributed by atoms with Gasteiger partial charge in [-0.05, 0) is 49.8 Å². The van der Waals surface area contributed by atoms with Crippen LogP contribution in [0.4, 0.5) is 0 Å². The molecule has 1 atom stereocenters. The summed E-state index contributed by atoms with van der Waals surface area (Å²) < 4.78 is 5.09. The van der Waals surface area contributed by atoms with Crippen molar-refractivity contribution in [3.05, 3.63) is 46.5 Å². The van der Waals surface area contributed by atoms with Gasteiger partial charge in [0.25, 0.3) is 0 Å². The minimum absolute atomic E-state index is 0.0487. The quantitative estimate of drug-likeness (QED) is 0.907. The highest BCUT2D eigenvalue weighted by Crippen LogP contribution is 2.30. The van der Waals surface area contributed by atoms with Gasteiger partial charge in [0.15, 0.2) is 11.6 Å². The fourth-order valence-electron chi connectivity index (χ4n) is 3.54. The van der Waals surface area contributed by atoms with Gasteiger partial charge in [-0.15, -0.1) is 0 Å². The first-order valence-electron chi connectivity index (χ1n) is 8.85. The number of aryl methyl sites for hydroxylation is 2. The first-order chi connectivity index (χ1) is 12.1. The smallest absolute Gasteiger partial charge is 0.227 e. The summed E-state index contributed by atoms with van der Waals surface area (Å²) in [5.41, 5.74) is 3.47. The average molecular weight is 342 g/mol. The maximum atomic E-state index is 13.0. The average Bonchev–Trinajstić information content (AvgIpc) is 3.07. The number of hydrogen-bond donors (Lipinski definition) is 1. The number of benzene rings is 1. The highest BCUT2D eigenvalue weighted by molar-refractivity contribution is 5.80. The number of carbonyl (C=O) groups is 1. The molecule has 3 rings (SSSR count). The van der Waals surface area contributed by atoms with Crippen molar-refractivity contribution in [1.29, 1.82) is 0 Å². The predicted octanol–water partition coefficient (Wildman–Crippen LogP) is 2.86. The van der Waals surface area contributed by atoms with Gasteiger partial charge in [0.2, 0.25) is 5.91 Å². The molecular weight excluding hydrogens is 316 g/mol. The van der Waals surface area contributed by atoms with Crippen molar-refractivity contribution in [2.75, 3.05) is 13.7 Å². The van der Waals surface area contributed by atoms with Crippen molar-refractivity contribution in [3.63, 3.8) is 0 Å². The standard InChI is InChI=1S/C19H26N4O2/c1-13-7-6-8-14(2)15(13)11-18(24)23-10-5-4-9-16(23)19-20-17(12-25-3)21-22-19/h6-8,16H,4-5,9-12H2,1-3H3,(H,20,21,22)/t16-/m1/s1. The highest BCUT2D eigenvalue weighted by Gasteiger charge is 2.31. The third-order valence-corrected chi connectivity index (χ3v) is 4.92. The fourth-order valence-corrected chi connectivity index (χ4v) is 3.54. The van der Waals surface area contributed by atoms with E-state index in [1.807, 2.05) is 11.0 Å². The molecule has 6 heteroatoms.